The van der Waals surface area contributed by atoms with Gasteiger partial charge in [-0.25, -0.2) is 4.98 Å². The highest BCUT2D eigenvalue weighted by Gasteiger charge is 2.09. The van der Waals surface area contributed by atoms with Crippen molar-refractivity contribution in [2.75, 3.05) is 6.54 Å². The molecule has 0 amide bonds. The Labute approximate surface area is 66.4 Å². The van der Waals surface area contributed by atoms with Crippen molar-refractivity contribution in [3.63, 3.8) is 0 Å². The first-order valence-corrected chi connectivity index (χ1v) is 4.16. The lowest BCUT2D eigenvalue weighted by Crippen LogP contribution is -2.27. The fourth-order valence-corrected chi connectivity index (χ4v) is 1.42. The van der Waals surface area contributed by atoms with Gasteiger partial charge in [-0.15, -0.1) is 0 Å². The molecule has 0 radical (unpaired) electrons. The van der Waals surface area contributed by atoms with E-state index in [9.17, 15) is 0 Å². The number of aromatic nitrogens is 2. The average molecular weight is 151 g/mol. The molecule has 1 aliphatic rings. The molecule has 2 heterocycles. The number of nitrogens with zero attached hydrogens (tertiary/aromatic N) is 2. The van der Waals surface area contributed by atoms with Crippen molar-refractivity contribution in [2.24, 2.45) is 0 Å². The van der Waals surface area contributed by atoms with Gasteiger partial charge in [0.15, 0.2) is 0 Å². The second-order valence-electron chi connectivity index (χ2n) is 2.87. The molecule has 0 unspecified atom stereocenters. The van der Waals surface area contributed by atoms with Crippen LogP contribution in [0.1, 0.15) is 18.4 Å². The topological polar surface area (TPSA) is 29.9 Å². The van der Waals surface area contributed by atoms with Gasteiger partial charge in [-0.1, -0.05) is 6.92 Å². The Morgan fingerprint density at radius 2 is 2.64 bits per heavy atom. The Morgan fingerprint density at radius 3 is 3.36 bits per heavy atom. The van der Waals surface area contributed by atoms with Crippen molar-refractivity contribution >= 4 is 0 Å². The smallest absolute Gasteiger partial charge is 0.123 e. The highest BCUT2D eigenvalue weighted by atomic mass is 15.1. The molecule has 0 aliphatic carbocycles. The Kier molecular flexibility index (Phi) is 1.66. The van der Waals surface area contributed by atoms with Crippen molar-refractivity contribution in [1.82, 2.24) is 14.9 Å². The van der Waals surface area contributed by atoms with Crippen LogP contribution in [0.25, 0.3) is 0 Å². The standard InChI is InChI=1S/C8H13N3/c1-2-7-6-11-4-3-9-5-8(11)10-7/h6,9H,2-5H2,1H3. The largest absolute Gasteiger partial charge is 0.332 e. The summed E-state index contributed by atoms with van der Waals surface area (Å²) in [5, 5.41) is 3.30. The van der Waals surface area contributed by atoms with Crippen LogP contribution in [-0.4, -0.2) is 16.1 Å². The molecule has 0 atom stereocenters. The van der Waals surface area contributed by atoms with Crippen molar-refractivity contribution in [3.8, 4) is 0 Å². The van der Waals surface area contributed by atoms with E-state index in [1.165, 1.54) is 11.5 Å². The van der Waals surface area contributed by atoms with Crippen LogP contribution >= 0.6 is 0 Å². The molecule has 1 aromatic rings. The van der Waals surface area contributed by atoms with E-state index in [0.29, 0.717) is 0 Å². The Balaban J connectivity index is 2.32. The van der Waals surface area contributed by atoms with Crippen LogP contribution in [0, 0.1) is 0 Å². The third-order valence-electron chi connectivity index (χ3n) is 2.08. The van der Waals surface area contributed by atoms with Crippen LogP contribution in [0.2, 0.25) is 0 Å². The molecular weight excluding hydrogens is 138 g/mol. The van der Waals surface area contributed by atoms with Crippen molar-refractivity contribution in [2.45, 2.75) is 26.4 Å². The van der Waals surface area contributed by atoms with E-state index in [2.05, 4.69) is 28.0 Å². The quantitative estimate of drug-likeness (QED) is 0.635. The van der Waals surface area contributed by atoms with Crippen molar-refractivity contribution < 1.29 is 0 Å². The first kappa shape index (κ1) is 6.85. The zero-order chi connectivity index (χ0) is 7.68. The fraction of sp³-hybridized carbons (Fsp3) is 0.625. The first-order valence-electron chi connectivity index (χ1n) is 4.16. The molecule has 2 rings (SSSR count). The van der Waals surface area contributed by atoms with Crippen LogP contribution in [0.5, 0.6) is 0 Å². The summed E-state index contributed by atoms with van der Waals surface area (Å²) in [5.74, 6) is 1.19. The van der Waals surface area contributed by atoms with Gasteiger partial charge in [0.05, 0.1) is 12.2 Å². The third-order valence-corrected chi connectivity index (χ3v) is 2.08. The van der Waals surface area contributed by atoms with Crippen molar-refractivity contribution in [3.05, 3.63) is 17.7 Å². The van der Waals surface area contributed by atoms with Crippen molar-refractivity contribution in [1.29, 1.82) is 0 Å². The van der Waals surface area contributed by atoms with Gasteiger partial charge >= 0.3 is 0 Å². The Hall–Kier alpha value is -0.830. The summed E-state index contributed by atoms with van der Waals surface area (Å²) in [6, 6.07) is 0. The van der Waals surface area contributed by atoms with Crippen LogP contribution in [0.3, 0.4) is 0 Å². The molecule has 11 heavy (non-hydrogen) atoms. The molecule has 0 saturated carbocycles. The minimum Gasteiger partial charge on any atom is -0.332 e. The van der Waals surface area contributed by atoms with Gasteiger partial charge in [0.2, 0.25) is 0 Å². The minimum absolute atomic E-state index is 0.931. The molecule has 0 bridgehead atoms. The number of fused-ring (bicyclic) bond motifs is 1. The van der Waals surface area contributed by atoms with Gasteiger partial charge in [0, 0.05) is 19.3 Å². The minimum atomic E-state index is 0.931. The molecule has 1 aromatic heterocycles. The van der Waals surface area contributed by atoms with Gasteiger partial charge in [-0.3, -0.25) is 0 Å². The molecule has 1 aliphatic heterocycles. The summed E-state index contributed by atoms with van der Waals surface area (Å²) < 4.78 is 2.25. The maximum atomic E-state index is 4.47. The molecule has 1 N–H and O–H groups in total. The number of rotatable bonds is 1. The van der Waals surface area contributed by atoms with E-state index < -0.39 is 0 Å². The van der Waals surface area contributed by atoms with Crippen LogP contribution in [0.4, 0.5) is 0 Å². The highest BCUT2D eigenvalue weighted by molar-refractivity contribution is 5.05. The third kappa shape index (κ3) is 1.16. The summed E-state index contributed by atoms with van der Waals surface area (Å²) in [7, 11) is 0. The number of hydrogen-bond donors (Lipinski definition) is 1. The van der Waals surface area contributed by atoms with E-state index in [0.717, 1.165) is 26.1 Å². The zero-order valence-corrected chi connectivity index (χ0v) is 6.80. The van der Waals surface area contributed by atoms with Crippen LogP contribution in [-0.2, 0) is 19.5 Å². The molecule has 3 heteroatoms. The SMILES string of the molecule is CCc1cn2c(n1)CNCC2. The number of imidazole rings is 1. The van der Waals surface area contributed by atoms with E-state index in [4.69, 9.17) is 0 Å². The molecule has 0 saturated heterocycles. The highest BCUT2D eigenvalue weighted by Crippen LogP contribution is 2.06. The summed E-state index contributed by atoms with van der Waals surface area (Å²) in [4.78, 5) is 4.47. The maximum absolute atomic E-state index is 4.47. The zero-order valence-electron chi connectivity index (χ0n) is 6.80. The van der Waals surface area contributed by atoms with Gasteiger partial charge in [0.25, 0.3) is 0 Å². The van der Waals surface area contributed by atoms with Crippen LogP contribution in [0.15, 0.2) is 6.20 Å². The summed E-state index contributed by atoms with van der Waals surface area (Å²) in [6.07, 6.45) is 3.20. The normalized spacial score (nSPS) is 16.5. The molecule has 3 nitrogen and oxygen atoms in total. The fourth-order valence-electron chi connectivity index (χ4n) is 1.42. The molecular formula is C8H13N3. The average Bonchev–Trinajstić information content (AvgIpc) is 2.46. The van der Waals surface area contributed by atoms with E-state index >= 15 is 0 Å². The van der Waals surface area contributed by atoms with E-state index in [-0.39, 0.29) is 0 Å². The van der Waals surface area contributed by atoms with Gasteiger partial charge < -0.3 is 9.88 Å². The lowest BCUT2D eigenvalue weighted by molar-refractivity contribution is 0.505. The summed E-state index contributed by atoms with van der Waals surface area (Å²) in [5.41, 5.74) is 1.21. The molecule has 0 aromatic carbocycles. The summed E-state index contributed by atoms with van der Waals surface area (Å²) in [6.45, 7) is 5.22. The first-order chi connectivity index (χ1) is 5.40. The second kappa shape index (κ2) is 2.66. The number of nitrogens with one attached hydrogen (secondary N) is 1. The van der Waals surface area contributed by atoms with E-state index in [1.807, 2.05) is 0 Å². The lowest BCUT2D eigenvalue weighted by Gasteiger charge is -2.13. The molecule has 0 spiro atoms. The van der Waals surface area contributed by atoms with E-state index in [1.54, 1.807) is 0 Å². The lowest BCUT2D eigenvalue weighted by atomic mass is 10.4. The molecule has 0 fully saturated rings. The Bertz CT molecular complexity index is 228. The predicted octanol–water partition coefficient (Wildman–Crippen LogP) is 0.549. The number of aryl methyl sites for hydroxylation is 1. The van der Waals surface area contributed by atoms with Gasteiger partial charge in [0.1, 0.15) is 5.82 Å². The Morgan fingerprint density at radius 1 is 1.73 bits per heavy atom. The molecule has 60 valence electrons. The van der Waals surface area contributed by atoms with Gasteiger partial charge in [-0.2, -0.15) is 0 Å². The van der Waals surface area contributed by atoms with Crippen LogP contribution < -0.4 is 5.32 Å². The summed E-state index contributed by atoms with van der Waals surface area (Å²) >= 11 is 0. The predicted molar refractivity (Wildman–Crippen MR) is 43.3 cm³/mol. The maximum Gasteiger partial charge on any atom is 0.123 e. The number of hydrogen-bond acceptors (Lipinski definition) is 2. The van der Waals surface area contributed by atoms with Gasteiger partial charge in [-0.05, 0) is 6.42 Å². The monoisotopic (exact) mass is 151 g/mol. The second-order valence-corrected chi connectivity index (χ2v) is 2.87.